The molecule has 0 saturated carbocycles. The van der Waals surface area contributed by atoms with Crippen molar-refractivity contribution < 1.29 is 22.8 Å². The van der Waals surface area contributed by atoms with Gasteiger partial charge in [-0.15, -0.1) is 0 Å². The minimum absolute atomic E-state index is 0.0931. The van der Waals surface area contributed by atoms with Crippen LogP contribution in [0, 0.1) is 0 Å². The first kappa shape index (κ1) is 19.0. The second-order valence-corrected chi connectivity index (χ2v) is 6.21. The van der Waals surface area contributed by atoms with Gasteiger partial charge >= 0.3 is 6.18 Å². The lowest BCUT2D eigenvalue weighted by molar-refractivity contribution is -0.137. The van der Waals surface area contributed by atoms with E-state index in [0.717, 1.165) is 12.1 Å². The van der Waals surface area contributed by atoms with Crippen LogP contribution < -0.4 is 10.6 Å². The van der Waals surface area contributed by atoms with Gasteiger partial charge in [-0.3, -0.25) is 9.59 Å². The van der Waals surface area contributed by atoms with Crippen molar-refractivity contribution >= 4 is 39.1 Å². The molecular formula is C17H14BrF3N2O2. The molecule has 2 rings (SSSR count). The van der Waals surface area contributed by atoms with E-state index < -0.39 is 17.6 Å². The molecule has 2 amide bonds. The van der Waals surface area contributed by atoms with Gasteiger partial charge in [-0.25, -0.2) is 0 Å². The molecule has 0 aromatic heterocycles. The van der Waals surface area contributed by atoms with E-state index in [1.165, 1.54) is 19.1 Å². The molecule has 0 atom stereocenters. The van der Waals surface area contributed by atoms with Crippen molar-refractivity contribution in [2.75, 3.05) is 10.6 Å². The van der Waals surface area contributed by atoms with E-state index in [0.29, 0.717) is 21.4 Å². The van der Waals surface area contributed by atoms with Gasteiger partial charge in [0.25, 0.3) is 0 Å². The monoisotopic (exact) mass is 414 g/mol. The Balaban J connectivity index is 2.10. The van der Waals surface area contributed by atoms with Gasteiger partial charge in [0.1, 0.15) is 0 Å². The summed E-state index contributed by atoms with van der Waals surface area (Å²) in [6, 6.07) is 9.34. The molecule has 0 aliphatic carbocycles. The van der Waals surface area contributed by atoms with E-state index in [4.69, 9.17) is 0 Å². The lowest BCUT2D eigenvalue weighted by Gasteiger charge is -2.12. The highest BCUT2D eigenvalue weighted by Crippen LogP contribution is 2.29. The summed E-state index contributed by atoms with van der Waals surface area (Å²) >= 11 is 3.28. The SMILES string of the molecule is CC(=O)Nc1ccc(Br)cc1NC(=O)Cc1ccc(C(F)(F)F)cc1. The zero-order valence-corrected chi connectivity index (χ0v) is 14.7. The summed E-state index contributed by atoms with van der Waals surface area (Å²) in [7, 11) is 0. The minimum Gasteiger partial charge on any atom is -0.325 e. The van der Waals surface area contributed by atoms with Crippen molar-refractivity contribution in [3.8, 4) is 0 Å². The fourth-order valence-electron chi connectivity index (χ4n) is 2.11. The van der Waals surface area contributed by atoms with Gasteiger partial charge in [-0.2, -0.15) is 13.2 Å². The molecular weight excluding hydrogens is 401 g/mol. The number of rotatable bonds is 4. The van der Waals surface area contributed by atoms with Gasteiger partial charge in [-0.1, -0.05) is 28.1 Å². The number of nitrogens with one attached hydrogen (secondary N) is 2. The number of hydrogen-bond donors (Lipinski definition) is 2. The van der Waals surface area contributed by atoms with Crippen LogP contribution in [0.25, 0.3) is 0 Å². The van der Waals surface area contributed by atoms with Crippen LogP contribution in [0.5, 0.6) is 0 Å². The maximum absolute atomic E-state index is 12.5. The third kappa shape index (κ3) is 5.60. The van der Waals surface area contributed by atoms with Crippen molar-refractivity contribution in [1.82, 2.24) is 0 Å². The first-order chi connectivity index (χ1) is 11.6. The fraction of sp³-hybridized carbons (Fsp3) is 0.176. The van der Waals surface area contributed by atoms with Crippen molar-refractivity contribution in [1.29, 1.82) is 0 Å². The highest BCUT2D eigenvalue weighted by atomic mass is 79.9. The zero-order chi connectivity index (χ0) is 18.6. The summed E-state index contributed by atoms with van der Waals surface area (Å²) in [4.78, 5) is 23.4. The quantitative estimate of drug-likeness (QED) is 0.767. The van der Waals surface area contributed by atoms with E-state index in [1.54, 1.807) is 18.2 Å². The molecule has 132 valence electrons. The Morgan fingerprint density at radius 1 is 1.00 bits per heavy atom. The van der Waals surface area contributed by atoms with Gasteiger partial charge in [0.15, 0.2) is 0 Å². The molecule has 0 radical (unpaired) electrons. The Labute approximate surface area is 150 Å². The average molecular weight is 415 g/mol. The maximum Gasteiger partial charge on any atom is 0.416 e. The molecule has 4 nitrogen and oxygen atoms in total. The van der Waals surface area contributed by atoms with Crippen molar-refractivity contribution in [2.24, 2.45) is 0 Å². The van der Waals surface area contributed by atoms with Gasteiger partial charge in [0.05, 0.1) is 23.4 Å². The molecule has 25 heavy (non-hydrogen) atoms. The van der Waals surface area contributed by atoms with Crippen LogP contribution in [0.15, 0.2) is 46.9 Å². The summed E-state index contributed by atoms with van der Waals surface area (Å²) in [5.74, 6) is -0.704. The van der Waals surface area contributed by atoms with Crippen LogP contribution in [0.4, 0.5) is 24.5 Å². The van der Waals surface area contributed by atoms with E-state index in [1.807, 2.05) is 0 Å². The third-order valence-electron chi connectivity index (χ3n) is 3.21. The summed E-state index contributed by atoms with van der Waals surface area (Å²) in [6.07, 6.45) is -4.51. The largest absolute Gasteiger partial charge is 0.416 e. The van der Waals surface area contributed by atoms with Gasteiger partial charge in [0, 0.05) is 11.4 Å². The highest BCUT2D eigenvalue weighted by molar-refractivity contribution is 9.10. The van der Waals surface area contributed by atoms with Crippen molar-refractivity contribution in [2.45, 2.75) is 19.5 Å². The number of carbonyl (C=O) groups is 2. The van der Waals surface area contributed by atoms with E-state index >= 15 is 0 Å². The van der Waals surface area contributed by atoms with Crippen LogP contribution in [0.3, 0.4) is 0 Å². The molecule has 0 heterocycles. The molecule has 2 aromatic carbocycles. The lowest BCUT2D eigenvalue weighted by atomic mass is 10.1. The predicted octanol–water partition coefficient (Wildman–Crippen LogP) is 4.61. The molecule has 0 fully saturated rings. The number of benzene rings is 2. The number of alkyl halides is 3. The number of anilines is 2. The fourth-order valence-corrected chi connectivity index (χ4v) is 2.47. The van der Waals surface area contributed by atoms with E-state index in [2.05, 4.69) is 26.6 Å². The smallest absolute Gasteiger partial charge is 0.325 e. The van der Waals surface area contributed by atoms with E-state index in [-0.39, 0.29) is 12.3 Å². The summed E-state index contributed by atoms with van der Waals surface area (Å²) in [6.45, 7) is 1.34. The molecule has 0 aliphatic heterocycles. The molecule has 0 unspecified atom stereocenters. The standard InChI is InChI=1S/C17H14BrF3N2O2/c1-10(24)22-14-7-6-13(18)9-15(14)23-16(25)8-11-2-4-12(5-3-11)17(19,20)21/h2-7,9H,8H2,1H3,(H,22,24)(H,23,25). The highest BCUT2D eigenvalue weighted by Gasteiger charge is 2.29. The van der Waals surface area contributed by atoms with Gasteiger partial charge in [0.2, 0.25) is 11.8 Å². The number of carbonyl (C=O) groups excluding carboxylic acids is 2. The van der Waals surface area contributed by atoms with Gasteiger partial charge in [-0.05, 0) is 35.9 Å². The molecule has 2 N–H and O–H groups in total. The normalized spacial score (nSPS) is 11.1. The Morgan fingerprint density at radius 3 is 2.20 bits per heavy atom. The third-order valence-corrected chi connectivity index (χ3v) is 3.71. The first-order valence-corrected chi connectivity index (χ1v) is 7.97. The maximum atomic E-state index is 12.5. The van der Waals surface area contributed by atoms with Crippen LogP contribution in [-0.2, 0) is 22.2 Å². The Hall–Kier alpha value is -2.35. The second-order valence-electron chi connectivity index (χ2n) is 5.29. The Bertz CT molecular complexity index is 789. The average Bonchev–Trinajstić information content (AvgIpc) is 2.49. The van der Waals surface area contributed by atoms with Gasteiger partial charge < -0.3 is 10.6 Å². The summed E-state index contributed by atoms with van der Waals surface area (Å²) in [5, 5.41) is 5.24. The molecule has 0 bridgehead atoms. The minimum atomic E-state index is -4.41. The zero-order valence-electron chi connectivity index (χ0n) is 13.1. The van der Waals surface area contributed by atoms with Crippen molar-refractivity contribution in [3.63, 3.8) is 0 Å². The second kappa shape index (κ2) is 7.69. The number of halogens is 4. The molecule has 0 saturated heterocycles. The lowest BCUT2D eigenvalue weighted by Crippen LogP contribution is -2.17. The van der Waals surface area contributed by atoms with Crippen LogP contribution in [0.2, 0.25) is 0 Å². The first-order valence-electron chi connectivity index (χ1n) is 7.18. The van der Waals surface area contributed by atoms with Crippen molar-refractivity contribution in [3.05, 3.63) is 58.1 Å². The Kier molecular flexibility index (Phi) is 5.84. The molecule has 2 aromatic rings. The topological polar surface area (TPSA) is 58.2 Å². The number of amides is 2. The molecule has 0 spiro atoms. The van der Waals surface area contributed by atoms with Crippen LogP contribution in [0.1, 0.15) is 18.1 Å². The molecule has 0 aliphatic rings. The summed E-state index contributed by atoms with van der Waals surface area (Å²) < 4.78 is 38.3. The Morgan fingerprint density at radius 2 is 1.64 bits per heavy atom. The van der Waals surface area contributed by atoms with E-state index in [9.17, 15) is 22.8 Å². The summed E-state index contributed by atoms with van der Waals surface area (Å²) in [5.41, 5.74) is 0.496. The number of hydrogen-bond acceptors (Lipinski definition) is 2. The van der Waals surface area contributed by atoms with Crippen LogP contribution in [-0.4, -0.2) is 11.8 Å². The molecule has 8 heteroatoms. The van der Waals surface area contributed by atoms with Crippen LogP contribution >= 0.6 is 15.9 Å². The predicted molar refractivity (Wildman–Crippen MR) is 92.2 cm³/mol.